The number of piperidine rings is 1. The zero-order valence-corrected chi connectivity index (χ0v) is 18.1. The van der Waals surface area contributed by atoms with Crippen LogP contribution < -0.4 is 10.1 Å². The Kier molecular flexibility index (Phi) is 6.46. The topological polar surface area (TPSA) is 82.4 Å². The molecule has 1 fully saturated rings. The number of hydrogen-bond acceptors (Lipinski definition) is 5. The number of hydrogen-bond donors (Lipinski definition) is 1. The van der Waals surface area contributed by atoms with Gasteiger partial charge in [0, 0.05) is 28.9 Å². The maximum absolute atomic E-state index is 12.9. The van der Waals surface area contributed by atoms with Gasteiger partial charge in [-0.25, -0.2) is 0 Å². The third kappa shape index (κ3) is 4.39. The average Bonchev–Trinajstić information content (AvgIpc) is 2.99. The van der Waals surface area contributed by atoms with Crippen molar-refractivity contribution < 1.29 is 14.3 Å². The molecule has 0 unspecified atom stereocenters. The summed E-state index contributed by atoms with van der Waals surface area (Å²) in [5, 5.41) is 13.3. The first-order valence-corrected chi connectivity index (χ1v) is 10.5. The van der Waals surface area contributed by atoms with Crippen LogP contribution in [-0.4, -0.2) is 36.9 Å². The molecule has 0 saturated carbocycles. The van der Waals surface area contributed by atoms with E-state index in [0.29, 0.717) is 52.8 Å². The molecule has 0 aliphatic carbocycles. The fraction of sp³-hybridized carbons (Fsp3) is 0.381. The number of amides is 2. The molecule has 0 atom stereocenters. The number of anilines is 1. The van der Waals surface area contributed by atoms with E-state index in [-0.39, 0.29) is 17.7 Å². The van der Waals surface area contributed by atoms with Crippen molar-refractivity contribution in [2.24, 2.45) is 5.92 Å². The summed E-state index contributed by atoms with van der Waals surface area (Å²) in [5.74, 6) is 0.0240. The summed E-state index contributed by atoms with van der Waals surface area (Å²) in [5.41, 5.74) is 1.86. The highest BCUT2D eigenvalue weighted by Gasteiger charge is 2.30. The molecular formula is C21H22ClN3O3S. The number of nitriles is 1. The van der Waals surface area contributed by atoms with E-state index in [0.717, 1.165) is 10.4 Å². The Bertz CT molecular complexity index is 988. The number of ether oxygens (including phenoxy) is 1. The van der Waals surface area contributed by atoms with Gasteiger partial charge in [0.15, 0.2) is 0 Å². The molecule has 1 aromatic heterocycles. The van der Waals surface area contributed by atoms with Crippen molar-refractivity contribution in [2.75, 3.05) is 25.5 Å². The molecule has 2 aromatic rings. The second-order valence-corrected chi connectivity index (χ2v) is 8.66. The highest BCUT2D eigenvalue weighted by atomic mass is 35.5. The van der Waals surface area contributed by atoms with Gasteiger partial charge in [0.25, 0.3) is 5.91 Å². The summed E-state index contributed by atoms with van der Waals surface area (Å²) in [4.78, 5) is 28.3. The van der Waals surface area contributed by atoms with Crippen LogP contribution in [0.25, 0.3) is 0 Å². The van der Waals surface area contributed by atoms with E-state index < -0.39 is 0 Å². The quantitative estimate of drug-likeness (QED) is 0.778. The Balaban J connectivity index is 1.64. The van der Waals surface area contributed by atoms with E-state index in [4.69, 9.17) is 16.3 Å². The third-order valence-corrected chi connectivity index (χ3v) is 6.64. The third-order valence-electron chi connectivity index (χ3n) is 5.28. The van der Waals surface area contributed by atoms with Gasteiger partial charge in [0.2, 0.25) is 5.91 Å². The van der Waals surface area contributed by atoms with Crippen molar-refractivity contribution in [3.05, 3.63) is 44.8 Å². The van der Waals surface area contributed by atoms with Gasteiger partial charge in [-0.05, 0) is 50.5 Å². The average molecular weight is 432 g/mol. The molecule has 1 aromatic carbocycles. The number of rotatable bonds is 4. The smallest absolute Gasteiger partial charge is 0.257 e. The van der Waals surface area contributed by atoms with E-state index in [9.17, 15) is 14.9 Å². The number of benzene rings is 1. The molecular weight excluding hydrogens is 410 g/mol. The minimum atomic E-state index is -0.199. The number of nitrogens with one attached hydrogen (secondary N) is 1. The van der Waals surface area contributed by atoms with Crippen molar-refractivity contribution in [3.8, 4) is 11.8 Å². The summed E-state index contributed by atoms with van der Waals surface area (Å²) in [6, 6.07) is 7.12. The van der Waals surface area contributed by atoms with Crippen LogP contribution >= 0.6 is 22.9 Å². The molecule has 2 heterocycles. The Hall–Kier alpha value is -2.56. The minimum Gasteiger partial charge on any atom is -0.496 e. The van der Waals surface area contributed by atoms with Crippen molar-refractivity contribution >= 4 is 39.8 Å². The number of carbonyl (C=O) groups is 2. The van der Waals surface area contributed by atoms with Crippen LogP contribution in [0.1, 0.15) is 39.2 Å². The van der Waals surface area contributed by atoms with Crippen LogP contribution in [0.4, 0.5) is 5.00 Å². The largest absolute Gasteiger partial charge is 0.496 e. The summed E-state index contributed by atoms with van der Waals surface area (Å²) in [6.45, 7) is 4.76. The summed E-state index contributed by atoms with van der Waals surface area (Å²) >= 11 is 7.46. The van der Waals surface area contributed by atoms with Crippen LogP contribution in [-0.2, 0) is 4.79 Å². The predicted octanol–water partition coefficient (Wildman–Crippen LogP) is 4.39. The second-order valence-electron chi connectivity index (χ2n) is 7.00. The molecule has 0 bridgehead atoms. The molecule has 2 amide bonds. The number of aryl methyl sites for hydroxylation is 1. The molecule has 3 rings (SSSR count). The normalized spacial score (nSPS) is 14.4. The Morgan fingerprint density at radius 1 is 1.31 bits per heavy atom. The van der Waals surface area contributed by atoms with Gasteiger partial charge >= 0.3 is 0 Å². The van der Waals surface area contributed by atoms with Crippen molar-refractivity contribution in [1.29, 1.82) is 5.26 Å². The monoisotopic (exact) mass is 431 g/mol. The highest BCUT2D eigenvalue weighted by Crippen LogP contribution is 2.33. The molecule has 0 radical (unpaired) electrons. The first-order valence-electron chi connectivity index (χ1n) is 9.29. The first kappa shape index (κ1) is 21.2. The maximum Gasteiger partial charge on any atom is 0.257 e. The van der Waals surface area contributed by atoms with Crippen LogP contribution in [0.15, 0.2) is 18.2 Å². The standard InChI is InChI=1S/C21H22ClN3O3S/c1-12-13(2)29-20(17(12)11-23)24-19(26)14-6-8-25(9-7-14)21(27)16-10-15(22)4-5-18(16)28-3/h4-5,10,14H,6-9H2,1-3H3,(H,24,26). The Labute approximate surface area is 179 Å². The number of thiophene rings is 1. The predicted molar refractivity (Wildman–Crippen MR) is 114 cm³/mol. The van der Waals surface area contributed by atoms with Crippen LogP contribution in [0.2, 0.25) is 5.02 Å². The molecule has 152 valence electrons. The van der Waals surface area contributed by atoms with Gasteiger partial charge in [-0.2, -0.15) is 5.26 Å². The van der Waals surface area contributed by atoms with E-state index in [1.165, 1.54) is 18.4 Å². The number of nitrogens with zero attached hydrogens (tertiary/aromatic N) is 2. The lowest BCUT2D eigenvalue weighted by atomic mass is 9.95. The van der Waals surface area contributed by atoms with Crippen molar-refractivity contribution in [1.82, 2.24) is 4.90 Å². The molecule has 0 spiro atoms. The lowest BCUT2D eigenvalue weighted by Gasteiger charge is -2.31. The fourth-order valence-electron chi connectivity index (χ4n) is 3.43. The van der Waals surface area contributed by atoms with Crippen LogP contribution in [0.3, 0.4) is 0 Å². The molecule has 1 N–H and O–H groups in total. The molecule has 8 heteroatoms. The number of methoxy groups -OCH3 is 1. The second kappa shape index (κ2) is 8.85. The molecule has 1 aliphatic heterocycles. The summed E-state index contributed by atoms with van der Waals surface area (Å²) < 4.78 is 5.28. The van der Waals surface area contributed by atoms with E-state index in [1.807, 2.05) is 13.8 Å². The molecule has 29 heavy (non-hydrogen) atoms. The van der Waals surface area contributed by atoms with E-state index in [2.05, 4.69) is 11.4 Å². The highest BCUT2D eigenvalue weighted by molar-refractivity contribution is 7.16. The van der Waals surface area contributed by atoms with Crippen molar-refractivity contribution in [3.63, 3.8) is 0 Å². The number of carbonyl (C=O) groups excluding carboxylic acids is 2. The van der Waals surface area contributed by atoms with Gasteiger partial charge in [0.05, 0.1) is 18.2 Å². The fourth-order valence-corrected chi connectivity index (χ4v) is 4.61. The molecule has 1 saturated heterocycles. The van der Waals surface area contributed by atoms with Gasteiger partial charge < -0.3 is 15.0 Å². The SMILES string of the molecule is COc1ccc(Cl)cc1C(=O)N1CCC(C(=O)Nc2sc(C)c(C)c2C#N)CC1. The lowest BCUT2D eigenvalue weighted by Crippen LogP contribution is -2.41. The molecule has 6 nitrogen and oxygen atoms in total. The van der Waals surface area contributed by atoms with Crippen molar-refractivity contribution in [2.45, 2.75) is 26.7 Å². The van der Waals surface area contributed by atoms with E-state index >= 15 is 0 Å². The zero-order valence-electron chi connectivity index (χ0n) is 16.5. The Morgan fingerprint density at radius 2 is 2.00 bits per heavy atom. The maximum atomic E-state index is 12.9. The van der Waals surface area contributed by atoms with Crippen LogP contribution in [0, 0.1) is 31.1 Å². The Morgan fingerprint density at radius 3 is 2.62 bits per heavy atom. The lowest BCUT2D eigenvalue weighted by molar-refractivity contribution is -0.121. The van der Waals surface area contributed by atoms with Gasteiger partial charge in [-0.1, -0.05) is 11.6 Å². The zero-order chi connectivity index (χ0) is 21.1. The van der Waals surface area contributed by atoms with E-state index in [1.54, 1.807) is 23.1 Å². The van der Waals surface area contributed by atoms with Gasteiger partial charge in [0.1, 0.15) is 16.8 Å². The number of likely N-dealkylation sites (tertiary alicyclic amines) is 1. The minimum absolute atomic E-state index is 0.102. The first-order chi connectivity index (χ1) is 13.8. The summed E-state index contributed by atoms with van der Waals surface area (Å²) in [6.07, 6.45) is 1.12. The number of halogens is 1. The van der Waals surface area contributed by atoms with Crippen LogP contribution in [0.5, 0.6) is 5.75 Å². The molecule has 1 aliphatic rings. The summed E-state index contributed by atoms with van der Waals surface area (Å²) in [7, 11) is 1.51. The van der Waals surface area contributed by atoms with Gasteiger partial charge in [-0.15, -0.1) is 11.3 Å². The van der Waals surface area contributed by atoms with Gasteiger partial charge in [-0.3, -0.25) is 9.59 Å².